The van der Waals surface area contributed by atoms with Gasteiger partial charge < -0.3 is 20.1 Å². The first-order chi connectivity index (χ1) is 19.1. The van der Waals surface area contributed by atoms with Crippen molar-refractivity contribution in [2.24, 2.45) is 0 Å². The van der Waals surface area contributed by atoms with Gasteiger partial charge in [0.15, 0.2) is 11.6 Å². The van der Waals surface area contributed by atoms with Gasteiger partial charge in [0.05, 0.1) is 39.5 Å². The van der Waals surface area contributed by atoms with E-state index in [0.717, 1.165) is 0 Å². The highest BCUT2D eigenvalue weighted by Gasteiger charge is 2.20. The van der Waals surface area contributed by atoms with Gasteiger partial charge >= 0.3 is 0 Å². The standard InChI is InChI=1S/C28H34ClN5O5S/c1-6-23-24(7-2)32-27(26(31-23)33-25-17-20(38-5)12-13-22(25)29)34-40(36,37)21-11-8-10-19(16-21)28(35)30-14-9-15-39-18(3)4/h6-8,10-13,16-18H,9,14-15H2,1-5H3,(H,30,35)(H,31,33)(H,32,34)/b23-6+,24-7+. The van der Waals surface area contributed by atoms with Crippen molar-refractivity contribution in [3.05, 3.63) is 63.7 Å². The van der Waals surface area contributed by atoms with Crippen LogP contribution in [0.4, 0.5) is 17.3 Å². The first kappa shape index (κ1) is 30.9. The quantitative estimate of drug-likeness (QED) is 0.273. The third-order valence-electron chi connectivity index (χ3n) is 5.62. The van der Waals surface area contributed by atoms with E-state index in [2.05, 4.69) is 25.3 Å². The average molecular weight is 588 g/mol. The molecule has 0 aliphatic heterocycles. The molecule has 214 valence electrons. The smallest absolute Gasteiger partial charge is 0.263 e. The van der Waals surface area contributed by atoms with Gasteiger partial charge in [-0.3, -0.25) is 9.52 Å². The number of sulfonamides is 1. The summed E-state index contributed by atoms with van der Waals surface area (Å²) in [5.74, 6) is 0.250. The van der Waals surface area contributed by atoms with Crippen molar-refractivity contribution in [1.82, 2.24) is 15.3 Å². The molecule has 0 aliphatic carbocycles. The summed E-state index contributed by atoms with van der Waals surface area (Å²) in [5.41, 5.74) is 0.655. The molecular weight excluding hydrogens is 554 g/mol. The molecule has 3 N–H and O–H groups in total. The van der Waals surface area contributed by atoms with E-state index in [1.54, 1.807) is 50.3 Å². The highest BCUT2D eigenvalue weighted by atomic mass is 35.5. The third kappa shape index (κ3) is 8.17. The molecule has 3 aromatic rings. The van der Waals surface area contributed by atoms with E-state index in [4.69, 9.17) is 21.1 Å². The maximum atomic E-state index is 13.4. The van der Waals surface area contributed by atoms with Crippen LogP contribution in [0.5, 0.6) is 5.75 Å². The summed E-state index contributed by atoms with van der Waals surface area (Å²) in [6.45, 7) is 8.37. The minimum Gasteiger partial charge on any atom is -0.497 e. The second kappa shape index (κ2) is 14.1. The lowest BCUT2D eigenvalue weighted by molar-refractivity contribution is 0.0757. The van der Waals surface area contributed by atoms with Crippen molar-refractivity contribution in [3.8, 4) is 5.75 Å². The average Bonchev–Trinajstić information content (AvgIpc) is 2.94. The maximum Gasteiger partial charge on any atom is 0.263 e. The largest absolute Gasteiger partial charge is 0.497 e. The minimum atomic E-state index is -4.16. The highest BCUT2D eigenvalue weighted by molar-refractivity contribution is 7.92. The first-order valence-electron chi connectivity index (χ1n) is 12.7. The number of benzene rings is 2. The molecule has 40 heavy (non-hydrogen) atoms. The fourth-order valence-corrected chi connectivity index (χ4v) is 4.80. The zero-order valence-corrected chi connectivity index (χ0v) is 24.7. The van der Waals surface area contributed by atoms with Gasteiger partial charge in [0.2, 0.25) is 0 Å². The SMILES string of the molecule is C/C=c1/nc(Nc2cc(OC)ccc2Cl)c(NS(=O)(=O)c2cccc(C(=O)NCCCOC(C)C)c2)n/c1=C/C. The van der Waals surface area contributed by atoms with Crippen LogP contribution in [0.2, 0.25) is 5.02 Å². The zero-order valence-electron chi connectivity index (χ0n) is 23.1. The second-order valence-electron chi connectivity index (χ2n) is 8.90. The van der Waals surface area contributed by atoms with E-state index in [-0.39, 0.29) is 34.1 Å². The van der Waals surface area contributed by atoms with E-state index < -0.39 is 10.0 Å². The number of methoxy groups -OCH3 is 1. The monoisotopic (exact) mass is 587 g/mol. The van der Waals surface area contributed by atoms with Crippen LogP contribution < -0.4 is 30.8 Å². The molecule has 0 radical (unpaired) electrons. The van der Waals surface area contributed by atoms with Gasteiger partial charge in [-0.2, -0.15) is 0 Å². The Morgan fingerprint density at radius 3 is 2.40 bits per heavy atom. The molecular formula is C28H34ClN5O5S. The van der Waals surface area contributed by atoms with E-state index in [0.29, 0.717) is 46.7 Å². The zero-order chi connectivity index (χ0) is 29.3. The summed E-state index contributed by atoms with van der Waals surface area (Å²) in [6, 6.07) is 10.8. The Labute approximate surface area is 239 Å². The fraction of sp³-hybridized carbons (Fsp3) is 0.321. The summed E-state index contributed by atoms with van der Waals surface area (Å²) in [4.78, 5) is 21.6. The normalized spacial score (nSPS) is 12.5. The lowest BCUT2D eigenvalue weighted by Crippen LogP contribution is -2.33. The van der Waals surface area contributed by atoms with Crippen LogP contribution in [0.1, 0.15) is 44.5 Å². The van der Waals surface area contributed by atoms with Crippen LogP contribution in [0.3, 0.4) is 0 Å². The number of halogens is 1. The van der Waals surface area contributed by atoms with Crippen molar-refractivity contribution < 1.29 is 22.7 Å². The van der Waals surface area contributed by atoms with Gasteiger partial charge in [-0.15, -0.1) is 0 Å². The molecule has 1 amide bonds. The van der Waals surface area contributed by atoms with Crippen LogP contribution in [-0.2, 0) is 14.8 Å². The Morgan fingerprint density at radius 1 is 1.05 bits per heavy atom. The molecule has 0 atom stereocenters. The Balaban J connectivity index is 1.91. The summed E-state index contributed by atoms with van der Waals surface area (Å²) in [7, 11) is -2.64. The fourth-order valence-electron chi connectivity index (χ4n) is 3.59. The van der Waals surface area contributed by atoms with Gasteiger partial charge in [-0.25, -0.2) is 18.4 Å². The van der Waals surface area contributed by atoms with Crippen molar-refractivity contribution in [1.29, 1.82) is 0 Å². The van der Waals surface area contributed by atoms with Crippen LogP contribution in [0.15, 0.2) is 47.4 Å². The number of aromatic nitrogens is 2. The number of hydrogen-bond donors (Lipinski definition) is 3. The number of amides is 1. The molecule has 0 aliphatic rings. The molecule has 0 unspecified atom stereocenters. The third-order valence-corrected chi connectivity index (χ3v) is 7.29. The Hall–Kier alpha value is -3.67. The summed E-state index contributed by atoms with van der Waals surface area (Å²) >= 11 is 6.37. The molecule has 2 aromatic carbocycles. The summed E-state index contributed by atoms with van der Waals surface area (Å²) in [5, 5.41) is 7.25. The van der Waals surface area contributed by atoms with Crippen LogP contribution in [0.25, 0.3) is 12.2 Å². The summed E-state index contributed by atoms with van der Waals surface area (Å²) in [6.07, 6.45) is 4.23. The van der Waals surface area contributed by atoms with E-state index in [9.17, 15) is 13.2 Å². The molecule has 1 aromatic heterocycles. The molecule has 0 fully saturated rings. The molecule has 1 heterocycles. The van der Waals surface area contributed by atoms with Gasteiger partial charge in [0.25, 0.3) is 15.9 Å². The number of hydrogen-bond acceptors (Lipinski definition) is 8. The van der Waals surface area contributed by atoms with Crippen LogP contribution in [0, 0.1) is 0 Å². The van der Waals surface area contributed by atoms with Gasteiger partial charge in [-0.05, 0) is 64.4 Å². The Bertz CT molecular complexity index is 1580. The topological polar surface area (TPSA) is 132 Å². The molecule has 3 rings (SSSR count). The van der Waals surface area contributed by atoms with E-state index in [1.807, 2.05) is 13.8 Å². The number of ether oxygens (including phenoxy) is 2. The number of carbonyl (C=O) groups excluding carboxylic acids is 1. The number of anilines is 3. The summed E-state index contributed by atoms with van der Waals surface area (Å²) < 4.78 is 40.2. The Kier molecular flexibility index (Phi) is 10.9. The number of rotatable bonds is 12. The Morgan fingerprint density at radius 2 is 1.75 bits per heavy atom. The van der Waals surface area contributed by atoms with Crippen LogP contribution >= 0.6 is 11.6 Å². The van der Waals surface area contributed by atoms with Gasteiger partial charge in [0.1, 0.15) is 5.75 Å². The van der Waals surface area contributed by atoms with Crippen molar-refractivity contribution in [2.75, 3.05) is 30.3 Å². The molecule has 0 spiro atoms. The first-order valence-corrected chi connectivity index (χ1v) is 14.6. The van der Waals surface area contributed by atoms with Gasteiger partial charge in [0, 0.05) is 24.8 Å². The van der Waals surface area contributed by atoms with E-state index >= 15 is 0 Å². The predicted octanol–water partition coefficient (Wildman–Crippen LogP) is 3.83. The number of carbonyl (C=O) groups is 1. The molecule has 12 heteroatoms. The second-order valence-corrected chi connectivity index (χ2v) is 11.0. The number of nitrogens with one attached hydrogen (secondary N) is 3. The number of nitrogens with zero attached hydrogens (tertiary/aromatic N) is 2. The van der Waals surface area contributed by atoms with Crippen molar-refractivity contribution in [3.63, 3.8) is 0 Å². The maximum absolute atomic E-state index is 13.4. The van der Waals surface area contributed by atoms with Crippen molar-refractivity contribution >= 4 is 57.0 Å². The van der Waals surface area contributed by atoms with Crippen molar-refractivity contribution in [2.45, 2.75) is 45.1 Å². The molecule has 0 saturated carbocycles. The molecule has 0 saturated heterocycles. The minimum absolute atomic E-state index is 0.0439. The van der Waals surface area contributed by atoms with Crippen LogP contribution in [-0.4, -0.2) is 50.7 Å². The molecule has 0 bridgehead atoms. The lowest BCUT2D eigenvalue weighted by Gasteiger charge is -2.15. The lowest BCUT2D eigenvalue weighted by atomic mass is 10.2. The van der Waals surface area contributed by atoms with E-state index in [1.165, 1.54) is 25.3 Å². The predicted molar refractivity (Wildman–Crippen MR) is 158 cm³/mol. The molecule has 10 nitrogen and oxygen atoms in total. The van der Waals surface area contributed by atoms with Gasteiger partial charge in [-0.1, -0.05) is 29.8 Å². The highest BCUT2D eigenvalue weighted by Crippen LogP contribution is 2.31.